The molecule has 2 heterocycles. The molecule has 1 aliphatic heterocycles. The third kappa shape index (κ3) is 3.79. The second kappa shape index (κ2) is 9.19. The molecule has 1 unspecified atom stereocenters. The number of benzene rings is 2. The van der Waals surface area contributed by atoms with Gasteiger partial charge >= 0.3 is 0 Å². The zero-order valence-electron chi connectivity index (χ0n) is 18.9. The van der Waals surface area contributed by atoms with Crippen LogP contribution in [0.15, 0.2) is 27.7 Å². The molecule has 3 aromatic rings. The number of aromatic hydroxyl groups is 1. The first kappa shape index (κ1) is 22.7. The third-order valence-electron chi connectivity index (χ3n) is 5.63. The molecule has 0 bridgehead atoms. The van der Waals surface area contributed by atoms with Crippen molar-refractivity contribution >= 4 is 43.6 Å². The van der Waals surface area contributed by atoms with Crippen LogP contribution in [-0.2, 0) is 0 Å². The molecule has 1 atom stereocenters. The molecule has 0 spiro atoms. The summed E-state index contributed by atoms with van der Waals surface area (Å²) in [6.07, 6.45) is 4.01. The average Bonchev–Trinajstić information content (AvgIpc) is 3.14. The van der Waals surface area contributed by atoms with Crippen LogP contribution in [-0.4, -0.2) is 37.9 Å². The Labute approximate surface area is 199 Å². The number of ether oxygens (including phenoxy) is 3. The number of nitrogens with zero attached hydrogens (tertiary/aromatic N) is 2. The van der Waals surface area contributed by atoms with Crippen molar-refractivity contribution in [1.82, 2.24) is 4.90 Å². The zero-order valence-corrected chi connectivity index (χ0v) is 21.3. The molecule has 0 amide bonds. The number of aryl methyl sites for hydroxylation is 1. The minimum atomic E-state index is -0.270. The van der Waals surface area contributed by atoms with Gasteiger partial charge in [0.15, 0.2) is 11.5 Å². The van der Waals surface area contributed by atoms with Gasteiger partial charge in [-0.3, -0.25) is 0 Å². The van der Waals surface area contributed by atoms with Gasteiger partial charge in [0.25, 0.3) is 0 Å². The van der Waals surface area contributed by atoms with Gasteiger partial charge in [0, 0.05) is 28.9 Å². The summed E-state index contributed by atoms with van der Waals surface area (Å²) in [4.78, 5) is 7.40. The minimum Gasteiger partial charge on any atom is -0.506 e. The van der Waals surface area contributed by atoms with E-state index in [1.165, 1.54) is 11.3 Å². The van der Waals surface area contributed by atoms with Gasteiger partial charge < -0.3 is 24.2 Å². The van der Waals surface area contributed by atoms with E-state index in [-0.39, 0.29) is 6.17 Å². The molecule has 0 saturated carbocycles. The molecule has 6 nitrogen and oxygen atoms in total. The van der Waals surface area contributed by atoms with Gasteiger partial charge in [0.2, 0.25) is 5.75 Å². The van der Waals surface area contributed by atoms with Crippen LogP contribution in [0.5, 0.6) is 23.0 Å². The molecule has 4 rings (SSSR count). The number of rotatable bonds is 7. The van der Waals surface area contributed by atoms with E-state index in [0.29, 0.717) is 23.0 Å². The van der Waals surface area contributed by atoms with Crippen LogP contribution in [0.4, 0.5) is 0 Å². The molecule has 1 aliphatic rings. The number of fused-ring (bicyclic) bond motifs is 3. The predicted molar refractivity (Wildman–Crippen MR) is 132 cm³/mol. The second-order valence-electron chi connectivity index (χ2n) is 7.75. The van der Waals surface area contributed by atoms with E-state index in [1.807, 2.05) is 13.0 Å². The SMILES string of the molecule is CCCCN1C=c2c(sc3c(O)cc(C)cc23)=NC1c1cc(OC)c(OC)c(OC)c1Br. The fraction of sp³-hybridized carbons (Fsp3) is 0.375. The van der Waals surface area contributed by atoms with Gasteiger partial charge in [0.05, 0.1) is 30.5 Å². The highest BCUT2D eigenvalue weighted by atomic mass is 79.9. The van der Waals surface area contributed by atoms with Crippen LogP contribution in [0.25, 0.3) is 16.3 Å². The quantitative estimate of drug-likeness (QED) is 0.483. The highest BCUT2D eigenvalue weighted by Crippen LogP contribution is 2.47. The lowest BCUT2D eigenvalue weighted by molar-refractivity contribution is 0.294. The largest absolute Gasteiger partial charge is 0.506 e. The molecular weight excluding hydrogens is 492 g/mol. The first-order chi connectivity index (χ1) is 15.4. The lowest BCUT2D eigenvalue weighted by Gasteiger charge is -2.31. The maximum Gasteiger partial charge on any atom is 0.204 e. The summed E-state index contributed by atoms with van der Waals surface area (Å²) < 4.78 is 19.3. The molecule has 170 valence electrons. The van der Waals surface area contributed by atoms with Crippen LogP contribution >= 0.6 is 27.3 Å². The summed E-state index contributed by atoms with van der Waals surface area (Å²) in [6, 6.07) is 5.86. The number of methoxy groups -OCH3 is 3. The van der Waals surface area contributed by atoms with Crippen LogP contribution in [0.2, 0.25) is 0 Å². The summed E-state index contributed by atoms with van der Waals surface area (Å²) in [5, 5.41) is 12.6. The van der Waals surface area contributed by atoms with Gasteiger partial charge in [-0.15, -0.1) is 11.3 Å². The van der Waals surface area contributed by atoms with Crippen molar-refractivity contribution in [1.29, 1.82) is 0 Å². The van der Waals surface area contributed by atoms with E-state index < -0.39 is 0 Å². The molecule has 1 N–H and O–H groups in total. The number of hydrogen-bond acceptors (Lipinski definition) is 7. The number of thiophene rings is 1. The van der Waals surface area contributed by atoms with E-state index in [1.54, 1.807) is 27.4 Å². The van der Waals surface area contributed by atoms with Crippen LogP contribution < -0.4 is 24.1 Å². The van der Waals surface area contributed by atoms with Gasteiger partial charge in [-0.25, -0.2) is 4.99 Å². The molecule has 8 heteroatoms. The van der Waals surface area contributed by atoms with Crippen molar-refractivity contribution in [3.63, 3.8) is 0 Å². The zero-order chi connectivity index (χ0) is 23.0. The van der Waals surface area contributed by atoms with Crippen LogP contribution in [0.1, 0.15) is 37.1 Å². The summed E-state index contributed by atoms with van der Waals surface area (Å²) in [6.45, 7) is 5.02. The molecule has 0 radical (unpaired) electrons. The van der Waals surface area contributed by atoms with Crippen molar-refractivity contribution in [2.45, 2.75) is 32.9 Å². The monoisotopic (exact) mass is 518 g/mol. The third-order valence-corrected chi connectivity index (χ3v) is 7.60. The first-order valence-electron chi connectivity index (χ1n) is 10.5. The predicted octanol–water partition coefficient (Wildman–Crippen LogP) is 4.88. The molecule has 1 aromatic heterocycles. The number of unbranched alkanes of at least 4 members (excludes halogenated alkanes) is 1. The van der Waals surface area contributed by atoms with Gasteiger partial charge in [-0.2, -0.15) is 0 Å². The van der Waals surface area contributed by atoms with Crippen molar-refractivity contribution in [3.8, 4) is 23.0 Å². The average molecular weight is 519 g/mol. The first-order valence-corrected chi connectivity index (χ1v) is 12.1. The molecular formula is C24H27BrN2O4S. The van der Waals surface area contributed by atoms with Crippen molar-refractivity contribution in [3.05, 3.63) is 43.7 Å². The summed E-state index contributed by atoms with van der Waals surface area (Å²) in [5.41, 5.74) is 1.95. The molecule has 0 fully saturated rings. The lowest BCUT2D eigenvalue weighted by Crippen LogP contribution is -2.36. The number of halogens is 1. The van der Waals surface area contributed by atoms with E-state index >= 15 is 0 Å². The van der Waals surface area contributed by atoms with Crippen molar-refractivity contribution in [2.24, 2.45) is 4.99 Å². The maximum atomic E-state index is 10.5. The second-order valence-corrected chi connectivity index (χ2v) is 9.55. The molecule has 2 aromatic carbocycles. The smallest absolute Gasteiger partial charge is 0.204 e. The highest BCUT2D eigenvalue weighted by molar-refractivity contribution is 9.10. The Bertz CT molecular complexity index is 1290. The summed E-state index contributed by atoms with van der Waals surface area (Å²) in [5.74, 6) is 1.99. The van der Waals surface area contributed by atoms with Gasteiger partial charge in [-0.05, 0) is 53.0 Å². The summed E-state index contributed by atoms with van der Waals surface area (Å²) in [7, 11) is 4.82. The maximum absolute atomic E-state index is 10.5. The Morgan fingerprint density at radius 3 is 2.53 bits per heavy atom. The Hall–Kier alpha value is -2.45. The Morgan fingerprint density at radius 2 is 1.88 bits per heavy atom. The fourth-order valence-electron chi connectivity index (χ4n) is 4.07. The standard InChI is InChI=1S/C24H27BrN2O4S/c1-6-7-8-27-12-16-14-9-13(2)10-17(28)22(14)32-24(16)26-23(27)15-11-18(29-3)20(30-4)21(31-5)19(15)25/h9-12,23,28H,6-8H2,1-5H3. The minimum absolute atomic E-state index is 0.270. The van der Waals surface area contributed by atoms with E-state index in [0.717, 1.165) is 55.0 Å². The molecule has 0 aliphatic carbocycles. The normalized spacial score (nSPS) is 15.2. The van der Waals surface area contributed by atoms with E-state index in [9.17, 15) is 5.11 Å². The van der Waals surface area contributed by atoms with E-state index in [2.05, 4.69) is 40.0 Å². The molecule has 0 saturated heterocycles. The molecule has 32 heavy (non-hydrogen) atoms. The van der Waals surface area contributed by atoms with Crippen LogP contribution in [0.3, 0.4) is 0 Å². The number of hydrogen-bond donors (Lipinski definition) is 1. The van der Waals surface area contributed by atoms with Crippen LogP contribution in [0, 0.1) is 6.92 Å². The summed E-state index contributed by atoms with van der Waals surface area (Å²) >= 11 is 5.24. The van der Waals surface area contributed by atoms with Crippen molar-refractivity contribution in [2.75, 3.05) is 27.9 Å². The Morgan fingerprint density at radius 1 is 1.12 bits per heavy atom. The Balaban J connectivity index is 1.97. The van der Waals surface area contributed by atoms with Crippen molar-refractivity contribution < 1.29 is 19.3 Å². The Kier molecular flexibility index (Phi) is 6.53. The number of phenolic OH excluding ortho intramolecular Hbond substituents is 1. The van der Waals surface area contributed by atoms with Gasteiger partial charge in [0.1, 0.15) is 16.6 Å². The lowest BCUT2D eigenvalue weighted by atomic mass is 10.1. The van der Waals surface area contributed by atoms with Gasteiger partial charge in [-0.1, -0.05) is 13.3 Å². The highest BCUT2D eigenvalue weighted by Gasteiger charge is 2.28. The van der Waals surface area contributed by atoms with E-state index in [4.69, 9.17) is 19.2 Å². The number of phenols is 1. The fourth-order valence-corrected chi connectivity index (χ4v) is 5.80. The topological polar surface area (TPSA) is 63.5 Å².